The van der Waals surface area contributed by atoms with Crippen LogP contribution >= 0.6 is 11.8 Å². The summed E-state index contributed by atoms with van der Waals surface area (Å²) in [5.74, 6) is 3.20. The van der Waals surface area contributed by atoms with E-state index in [4.69, 9.17) is 0 Å². The number of nitrogens with one attached hydrogen (secondary N) is 1. The number of carbonyl (C=O) groups is 1. The molecular formula is C17H29N7OS. The lowest BCUT2D eigenvalue weighted by molar-refractivity contribution is -0.120. The number of guanidine groups is 1. The Bertz CT molecular complexity index is 666. The van der Waals surface area contributed by atoms with Crippen LogP contribution in [0.4, 0.5) is 5.69 Å². The Hall–Kier alpha value is -1.74. The molecule has 2 aliphatic rings. The molecule has 1 amide bonds. The van der Waals surface area contributed by atoms with E-state index in [9.17, 15) is 4.79 Å². The third kappa shape index (κ3) is 3.83. The number of amides is 1. The second kappa shape index (κ2) is 7.87. The van der Waals surface area contributed by atoms with Crippen LogP contribution in [0.15, 0.2) is 17.4 Å². The smallest absolute Gasteiger partial charge is 0.246 e. The van der Waals surface area contributed by atoms with Crippen molar-refractivity contribution < 1.29 is 4.79 Å². The lowest BCUT2D eigenvalue weighted by Crippen LogP contribution is -2.59. The third-order valence-electron chi connectivity index (χ3n) is 5.34. The average Bonchev–Trinajstić information content (AvgIpc) is 3.25. The lowest BCUT2D eigenvalue weighted by Gasteiger charge is -2.39. The van der Waals surface area contributed by atoms with E-state index in [1.807, 2.05) is 29.9 Å². The van der Waals surface area contributed by atoms with Gasteiger partial charge in [-0.05, 0) is 26.3 Å². The number of carbonyl (C=O) groups excluding carboxylic acids is 1. The number of aromatic nitrogens is 2. The van der Waals surface area contributed by atoms with Crippen LogP contribution in [-0.4, -0.2) is 95.8 Å². The van der Waals surface area contributed by atoms with E-state index >= 15 is 0 Å². The van der Waals surface area contributed by atoms with Crippen molar-refractivity contribution in [2.75, 3.05) is 63.7 Å². The normalized spacial score (nSPS) is 24.7. The summed E-state index contributed by atoms with van der Waals surface area (Å²) in [5, 5.41) is 7.68. The number of aryl methyl sites for hydroxylation is 1. The van der Waals surface area contributed by atoms with Gasteiger partial charge < -0.3 is 20.0 Å². The summed E-state index contributed by atoms with van der Waals surface area (Å²) >= 11 is 2.00. The van der Waals surface area contributed by atoms with Crippen LogP contribution in [0.3, 0.4) is 0 Å². The molecule has 1 aromatic heterocycles. The predicted octanol–water partition coefficient (Wildman–Crippen LogP) is 0.0814. The highest BCUT2D eigenvalue weighted by Gasteiger charge is 2.37. The van der Waals surface area contributed by atoms with E-state index in [1.54, 1.807) is 22.8 Å². The van der Waals surface area contributed by atoms with E-state index in [0.29, 0.717) is 13.1 Å². The van der Waals surface area contributed by atoms with Crippen molar-refractivity contribution in [3.63, 3.8) is 0 Å². The first-order chi connectivity index (χ1) is 12.4. The molecule has 144 valence electrons. The van der Waals surface area contributed by atoms with E-state index in [0.717, 1.165) is 30.5 Å². The number of piperazine rings is 1. The fourth-order valence-corrected chi connectivity index (χ4v) is 5.05. The molecule has 3 heterocycles. The molecule has 8 nitrogen and oxygen atoms in total. The number of thioether (sulfide) groups is 1. The summed E-state index contributed by atoms with van der Waals surface area (Å²) in [6.45, 7) is 2.57. The zero-order valence-electron chi connectivity index (χ0n) is 16.1. The Morgan fingerprint density at radius 2 is 2.27 bits per heavy atom. The summed E-state index contributed by atoms with van der Waals surface area (Å²) in [5.41, 5.74) is 1.01. The fourth-order valence-electron chi connectivity index (χ4n) is 3.50. The topological polar surface area (TPSA) is 69.0 Å². The number of aliphatic imine (C=N–C) groups is 1. The van der Waals surface area contributed by atoms with Crippen molar-refractivity contribution >= 4 is 29.3 Å². The second-order valence-electron chi connectivity index (χ2n) is 7.16. The van der Waals surface area contributed by atoms with Gasteiger partial charge in [0, 0.05) is 51.2 Å². The molecule has 0 aliphatic carbocycles. The monoisotopic (exact) mass is 379 g/mol. The van der Waals surface area contributed by atoms with Crippen LogP contribution in [0, 0.1) is 0 Å². The van der Waals surface area contributed by atoms with Crippen LogP contribution in [-0.2, 0) is 11.8 Å². The molecule has 9 heteroatoms. The molecule has 1 aromatic rings. The maximum Gasteiger partial charge on any atom is 0.246 e. The van der Waals surface area contributed by atoms with Crippen LogP contribution in [0.25, 0.3) is 0 Å². The Kier molecular flexibility index (Phi) is 5.76. The van der Waals surface area contributed by atoms with Crippen LogP contribution in [0.1, 0.15) is 6.42 Å². The van der Waals surface area contributed by atoms with Gasteiger partial charge in [0.25, 0.3) is 0 Å². The van der Waals surface area contributed by atoms with Gasteiger partial charge in [-0.2, -0.15) is 16.9 Å². The van der Waals surface area contributed by atoms with Gasteiger partial charge >= 0.3 is 0 Å². The van der Waals surface area contributed by atoms with Crippen LogP contribution < -0.4 is 10.2 Å². The van der Waals surface area contributed by atoms with Crippen molar-refractivity contribution in [3.8, 4) is 0 Å². The second-order valence-corrected chi connectivity index (χ2v) is 8.27. The number of nitrogens with zero attached hydrogens (tertiary/aromatic N) is 6. The highest BCUT2D eigenvalue weighted by Crippen LogP contribution is 2.31. The Morgan fingerprint density at radius 3 is 2.81 bits per heavy atom. The maximum atomic E-state index is 12.6. The number of hydrogen-bond acceptors (Lipinski definition) is 5. The molecule has 1 unspecified atom stereocenters. The summed E-state index contributed by atoms with van der Waals surface area (Å²) in [6, 6.07) is 0. The Balaban J connectivity index is 1.60. The summed E-state index contributed by atoms with van der Waals surface area (Å²) in [4.78, 5) is 23.2. The van der Waals surface area contributed by atoms with Gasteiger partial charge in [0.05, 0.1) is 11.9 Å². The molecule has 0 spiro atoms. The highest BCUT2D eigenvalue weighted by molar-refractivity contribution is 7.99. The van der Waals surface area contributed by atoms with Crippen molar-refractivity contribution in [1.29, 1.82) is 0 Å². The first-order valence-corrected chi connectivity index (χ1v) is 10.1. The van der Waals surface area contributed by atoms with E-state index in [2.05, 4.69) is 34.4 Å². The minimum Gasteiger partial charge on any atom is -0.354 e. The van der Waals surface area contributed by atoms with E-state index < -0.39 is 0 Å². The molecule has 26 heavy (non-hydrogen) atoms. The highest BCUT2D eigenvalue weighted by atomic mass is 32.2. The molecular weight excluding hydrogens is 350 g/mol. The minimum absolute atomic E-state index is 0.0749. The molecule has 0 radical (unpaired) electrons. The molecule has 2 aliphatic heterocycles. The van der Waals surface area contributed by atoms with Crippen LogP contribution in [0.5, 0.6) is 0 Å². The molecule has 2 fully saturated rings. The quantitative estimate of drug-likeness (QED) is 0.590. The molecule has 2 saturated heterocycles. The molecule has 0 aromatic carbocycles. The summed E-state index contributed by atoms with van der Waals surface area (Å²) in [6.07, 6.45) is 4.78. The van der Waals surface area contributed by atoms with Gasteiger partial charge in [-0.1, -0.05) is 0 Å². The van der Waals surface area contributed by atoms with Crippen molar-refractivity contribution in [1.82, 2.24) is 24.9 Å². The first-order valence-electron chi connectivity index (χ1n) is 8.95. The zero-order chi connectivity index (χ0) is 18.7. The van der Waals surface area contributed by atoms with Gasteiger partial charge in [0.15, 0.2) is 5.96 Å². The zero-order valence-corrected chi connectivity index (χ0v) is 16.9. The number of likely N-dealkylation sites (N-methyl/N-ethyl adjacent to an activating group) is 1. The first kappa shape index (κ1) is 19.0. The van der Waals surface area contributed by atoms with Gasteiger partial charge in [-0.15, -0.1) is 0 Å². The van der Waals surface area contributed by atoms with Gasteiger partial charge in [0.2, 0.25) is 5.91 Å². The van der Waals surface area contributed by atoms with Gasteiger partial charge in [-0.25, -0.2) is 0 Å². The van der Waals surface area contributed by atoms with E-state index in [-0.39, 0.29) is 11.4 Å². The molecule has 3 rings (SSSR count). The number of rotatable bonds is 4. The third-order valence-corrected chi connectivity index (χ3v) is 6.58. The average molecular weight is 380 g/mol. The largest absolute Gasteiger partial charge is 0.354 e. The molecule has 0 saturated carbocycles. The number of anilines is 1. The minimum atomic E-state index is 0.0749. The summed E-state index contributed by atoms with van der Waals surface area (Å²) < 4.78 is 1.72. The van der Waals surface area contributed by atoms with Crippen molar-refractivity contribution in [2.24, 2.45) is 12.0 Å². The fraction of sp³-hybridized carbons (Fsp3) is 0.706. The lowest BCUT2D eigenvalue weighted by atomic mass is 9.97. The Morgan fingerprint density at radius 1 is 1.46 bits per heavy atom. The molecule has 0 bridgehead atoms. The van der Waals surface area contributed by atoms with Crippen molar-refractivity contribution in [2.45, 2.75) is 12.0 Å². The maximum absolute atomic E-state index is 12.6. The summed E-state index contributed by atoms with van der Waals surface area (Å²) in [7, 11) is 7.93. The van der Waals surface area contributed by atoms with Gasteiger partial charge in [0.1, 0.15) is 6.54 Å². The Labute approximate surface area is 159 Å². The van der Waals surface area contributed by atoms with Crippen molar-refractivity contribution in [3.05, 3.63) is 12.4 Å². The van der Waals surface area contributed by atoms with Gasteiger partial charge in [-0.3, -0.25) is 14.5 Å². The van der Waals surface area contributed by atoms with Crippen LogP contribution in [0.2, 0.25) is 0 Å². The predicted molar refractivity (Wildman–Crippen MR) is 107 cm³/mol. The standard InChI is InChI=1S/C17H29N7OS/c1-18-16(19-12-17(21(2)3)5-8-26-13-17)23-6-7-24(15(25)11-23)14-9-20-22(4)10-14/h9-10H,5-8,11-13H2,1-4H3,(H,18,19). The SMILES string of the molecule is CN=C(NCC1(N(C)C)CCSC1)N1CCN(c2cnn(C)c2)C(=O)C1. The van der Waals surface area contributed by atoms with E-state index in [1.165, 1.54) is 12.2 Å². The number of hydrogen-bond donors (Lipinski definition) is 1. The molecule has 1 atom stereocenters. The molecule has 1 N–H and O–H groups in total.